The van der Waals surface area contributed by atoms with Crippen LogP contribution in [0.5, 0.6) is 0 Å². The van der Waals surface area contributed by atoms with Gasteiger partial charge >= 0.3 is 5.97 Å². The number of esters is 1. The fraction of sp³-hybridized carbons (Fsp3) is 0.286. The normalized spacial score (nSPS) is 25.9. The number of aryl methyl sites for hydroxylation is 1. The second-order valence-electron chi connectivity index (χ2n) is 12.0. The first-order valence-corrected chi connectivity index (χ1v) is 16.9. The molecule has 2 bridgehead atoms. The van der Waals surface area contributed by atoms with Crippen molar-refractivity contribution in [2.45, 2.75) is 36.0 Å². The Morgan fingerprint density at radius 3 is 2.22 bits per heavy atom. The number of para-hydroxylation sites is 1. The zero-order valence-electron chi connectivity index (χ0n) is 24.2. The number of carbonyl (C=O) groups is 4. The second-order valence-corrected chi connectivity index (χ2v) is 14.6. The summed E-state index contributed by atoms with van der Waals surface area (Å²) in [6.45, 7) is 3.44. The van der Waals surface area contributed by atoms with Crippen molar-refractivity contribution in [2.24, 2.45) is 23.7 Å². The average molecular weight is 751 g/mol. The molecule has 7 unspecified atom stereocenters. The first kappa shape index (κ1) is 30.3. The number of Topliss-reactive ketones (excluding diaryl/α,β-unsaturated/α-hetero) is 1. The van der Waals surface area contributed by atoms with Crippen molar-refractivity contribution >= 4 is 83.6 Å². The van der Waals surface area contributed by atoms with Gasteiger partial charge in [-0.25, -0.2) is 9.78 Å². The van der Waals surface area contributed by atoms with Crippen LogP contribution in [0.4, 0.5) is 5.69 Å². The highest BCUT2D eigenvalue weighted by Gasteiger charge is 2.66. The van der Waals surface area contributed by atoms with Gasteiger partial charge in [-0.3, -0.25) is 19.3 Å². The van der Waals surface area contributed by atoms with Gasteiger partial charge in [0.2, 0.25) is 17.6 Å². The van der Waals surface area contributed by atoms with Crippen LogP contribution in [0.1, 0.15) is 39.6 Å². The van der Waals surface area contributed by atoms with Gasteiger partial charge in [-0.15, -0.1) is 0 Å². The largest absolute Gasteiger partial charge is 0.451 e. The van der Waals surface area contributed by atoms with Gasteiger partial charge in [0.15, 0.2) is 6.10 Å². The number of nitrogens with zero attached hydrogens (tertiary/aromatic N) is 2. The maximum atomic E-state index is 13.6. The van der Waals surface area contributed by atoms with Crippen LogP contribution in [-0.4, -0.2) is 44.3 Å². The average Bonchev–Trinajstić information content (AvgIpc) is 3.65. The maximum absolute atomic E-state index is 13.6. The lowest BCUT2D eigenvalue weighted by Crippen LogP contribution is -2.37. The highest BCUT2D eigenvalue weighted by molar-refractivity contribution is 9.12. The van der Waals surface area contributed by atoms with Crippen LogP contribution in [0.25, 0.3) is 22.2 Å². The molecule has 3 fully saturated rings. The predicted molar refractivity (Wildman–Crippen MR) is 179 cm³/mol. The number of halogens is 3. The molecule has 0 radical (unpaired) electrons. The minimum Gasteiger partial charge on any atom is -0.451 e. The molecule has 7 rings (SSSR count). The number of hydrogen-bond acceptors (Lipinski definition) is 6. The number of imide groups is 1. The monoisotopic (exact) mass is 748 g/mol. The Morgan fingerprint density at radius 1 is 0.933 bits per heavy atom. The maximum Gasteiger partial charge on any atom is 0.339 e. The first-order valence-electron chi connectivity index (χ1n) is 14.7. The van der Waals surface area contributed by atoms with Crippen molar-refractivity contribution < 1.29 is 23.9 Å². The van der Waals surface area contributed by atoms with Gasteiger partial charge in [0.1, 0.15) is 0 Å². The number of hydrogen-bond donors (Lipinski definition) is 0. The van der Waals surface area contributed by atoms with Gasteiger partial charge < -0.3 is 4.74 Å². The Labute approximate surface area is 281 Å². The lowest BCUT2D eigenvalue weighted by molar-refractivity contribution is -0.123. The molecule has 3 aliphatic rings. The van der Waals surface area contributed by atoms with Gasteiger partial charge in [0.05, 0.1) is 34.3 Å². The molecule has 7 nitrogen and oxygen atoms in total. The molecular formula is C35H27Br2ClN2O5. The number of anilines is 1. The molecular weight excluding hydrogens is 724 g/mol. The first-order chi connectivity index (χ1) is 21.5. The summed E-state index contributed by atoms with van der Waals surface area (Å²) in [6.07, 6.45) is -0.173. The van der Waals surface area contributed by atoms with Gasteiger partial charge in [-0.05, 0) is 68.0 Å². The number of pyridine rings is 1. The Bertz CT molecular complexity index is 1880. The van der Waals surface area contributed by atoms with Gasteiger partial charge in [0.25, 0.3) is 0 Å². The van der Waals surface area contributed by atoms with E-state index in [-0.39, 0.29) is 56.5 Å². The van der Waals surface area contributed by atoms with Crippen molar-refractivity contribution in [2.75, 3.05) is 4.90 Å². The fourth-order valence-electron chi connectivity index (χ4n) is 7.25. The lowest BCUT2D eigenvalue weighted by atomic mass is 9.81. The molecule has 4 aromatic rings. The van der Waals surface area contributed by atoms with E-state index in [0.717, 1.165) is 12.0 Å². The smallest absolute Gasteiger partial charge is 0.339 e. The minimum absolute atomic E-state index is 0.136. The molecule has 3 aromatic carbocycles. The predicted octanol–water partition coefficient (Wildman–Crippen LogP) is 7.57. The number of benzene rings is 3. The molecule has 0 spiro atoms. The molecule has 2 aliphatic carbocycles. The molecule has 2 saturated carbocycles. The molecule has 10 heteroatoms. The van der Waals surface area contributed by atoms with Crippen LogP contribution in [0, 0.1) is 30.6 Å². The third kappa shape index (κ3) is 4.95. The summed E-state index contributed by atoms with van der Waals surface area (Å²) in [5, 5.41) is 1.02. The molecule has 1 aliphatic heterocycles. The van der Waals surface area contributed by atoms with E-state index in [1.807, 2.05) is 19.1 Å². The third-order valence-corrected chi connectivity index (χ3v) is 12.9. The van der Waals surface area contributed by atoms with Crippen LogP contribution in [0.3, 0.4) is 0 Å². The Morgan fingerprint density at radius 2 is 1.58 bits per heavy atom. The number of alkyl halides is 2. The van der Waals surface area contributed by atoms with Crippen LogP contribution in [0.15, 0.2) is 72.8 Å². The Kier molecular flexibility index (Phi) is 7.69. The topological polar surface area (TPSA) is 93.6 Å². The number of ether oxygens (including phenoxy) is 1. The van der Waals surface area contributed by atoms with E-state index in [4.69, 9.17) is 21.3 Å². The van der Waals surface area contributed by atoms with Gasteiger partial charge in [-0.2, -0.15) is 0 Å². The molecule has 2 heterocycles. The number of carbonyl (C=O) groups excluding carboxylic acids is 4. The van der Waals surface area contributed by atoms with Crippen molar-refractivity contribution in [1.29, 1.82) is 0 Å². The van der Waals surface area contributed by atoms with E-state index in [1.54, 1.807) is 54.6 Å². The van der Waals surface area contributed by atoms with E-state index in [1.165, 1.54) is 17.9 Å². The molecule has 2 amide bonds. The molecule has 228 valence electrons. The SMILES string of the molecule is Cc1cccc2c(C(=O)OC(C)C(=O)c3cccc(Cl)c3)cc(-c3ccc(N4C(=O)C5C6CC(C(Br)C6Br)C5C4=O)cc3)nc12. The Balaban J connectivity index is 1.18. The molecule has 7 atom stereocenters. The summed E-state index contributed by atoms with van der Waals surface area (Å²) < 4.78 is 5.67. The minimum atomic E-state index is -1.04. The van der Waals surface area contributed by atoms with Gasteiger partial charge in [0, 0.05) is 31.2 Å². The molecule has 45 heavy (non-hydrogen) atoms. The number of fused-ring (bicyclic) bond motifs is 6. The lowest BCUT2D eigenvalue weighted by Gasteiger charge is -2.28. The van der Waals surface area contributed by atoms with E-state index in [0.29, 0.717) is 38.4 Å². The van der Waals surface area contributed by atoms with Gasteiger partial charge in [-0.1, -0.05) is 85.9 Å². The zero-order valence-corrected chi connectivity index (χ0v) is 28.2. The summed E-state index contributed by atoms with van der Waals surface area (Å²) in [7, 11) is 0. The Hall–Kier alpha value is -3.40. The zero-order chi connectivity index (χ0) is 31.7. The highest BCUT2D eigenvalue weighted by atomic mass is 79.9. The summed E-state index contributed by atoms with van der Waals surface area (Å²) >= 11 is 13.5. The molecule has 0 N–H and O–H groups in total. The van der Waals surface area contributed by atoms with Crippen molar-refractivity contribution in [1.82, 2.24) is 4.98 Å². The summed E-state index contributed by atoms with van der Waals surface area (Å²) in [4.78, 5) is 60.1. The third-order valence-electron chi connectivity index (χ3n) is 9.43. The molecule has 1 saturated heterocycles. The quantitative estimate of drug-likeness (QED) is 0.0874. The number of amides is 2. The summed E-state index contributed by atoms with van der Waals surface area (Å²) in [5.74, 6) is -1.62. The van der Waals surface area contributed by atoms with E-state index < -0.39 is 12.1 Å². The fourth-order valence-corrected chi connectivity index (χ4v) is 9.31. The number of ketones is 1. The van der Waals surface area contributed by atoms with Crippen LogP contribution in [0.2, 0.25) is 5.02 Å². The van der Waals surface area contributed by atoms with Crippen molar-refractivity contribution in [3.05, 3.63) is 94.5 Å². The van der Waals surface area contributed by atoms with E-state index >= 15 is 0 Å². The van der Waals surface area contributed by atoms with Crippen molar-refractivity contribution in [3.63, 3.8) is 0 Å². The number of rotatable bonds is 6. The summed E-state index contributed by atoms with van der Waals surface area (Å²) in [5.41, 5.74) is 3.85. The van der Waals surface area contributed by atoms with Crippen molar-refractivity contribution in [3.8, 4) is 11.3 Å². The van der Waals surface area contributed by atoms with Crippen LogP contribution < -0.4 is 4.90 Å². The highest BCUT2D eigenvalue weighted by Crippen LogP contribution is 2.60. The van der Waals surface area contributed by atoms with Crippen LogP contribution in [-0.2, 0) is 14.3 Å². The van der Waals surface area contributed by atoms with E-state index in [2.05, 4.69) is 31.9 Å². The second kappa shape index (κ2) is 11.4. The van der Waals surface area contributed by atoms with Crippen LogP contribution >= 0.6 is 43.5 Å². The number of aromatic nitrogens is 1. The standard InChI is InChI=1S/C35H27Br2ClN2O5/c1-16-5-3-8-22-23(35(44)45-17(2)32(41)19-6-4-7-20(38)13-19)15-26(39-31(16)22)18-9-11-21(12-10-18)40-33(42)27-24-14-25(28(27)34(40)43)30(37)29(24)36/h3-13,15,17,24-25,27-30H,14H2,1-2H3. The molecule has 1 aromatic heterocycles. The summed E-state index contributed by atoms with van der Waals surface area (Å²) in [6, 6.07) is 20.8. The van der Waals surface area contributed by atoms with E-state index in [9.17, 15) is 19.2 Å².